The SMILES string of the molecule is CN(CC(=O)O)C1CCCN(C(=O)NCCCC2CCCCC2)CC1. The monoisotopic (exact) mass is 353 g/mol. The van der Waals surface area contributed by atoms with Gasteiger partial charge in [-0.15, -0.1) is 0 Å². The van der Waals surface area contributed by atoms with E-state index in [-0.39, 0.29) is 18.6 Å². The summed E-state index contributed by atoms with van der Waals surface area (Å²) in [5, 5.41) is 12.0. The number of likely N-dealkylation sites (tertiary alicyclic amines) is 1. The minimum atomic E-state index is -0.792. The van der Waals surface area contributed by atoms with Gasteiger partial charge in [-0.1, -0.05) is 32.1 Å². The predicted octanol–water partition coefficient (Wildman–Crippen LogP) is 2.93. The average Bonchev–Trinajstić information content (AvgIpc) is 2.85. The van der Waals surface area contributed by atoms with Crippen molar-refractivity contribution in [2.75, 3.05) is 33.2 Å². The number of amides is 2. The molecule has 0 aromatic rings. The fraction of sp³-hybridized carbons (Fsp3) is 0.895. The van der Waals surface area contributed by atoms with Crippen LogP contribution in [-0.4, -0.2) is 66.2 Å². The highest BCUT2D eigenvalue weighted by molar-refractivity contribution is 5.74. The largest absolute Gasteiger partial charge is 0.480 e. The van der Waals surface area contributed by atoms with Crippen molar-refractivity contribution >= 4 is 12.0 Å². The zero-order valence-electron chi connectivity index (χ0n) is 15.7. The molecule has 1 saturated heterocycles. The van der Waals surface area contributed by atoms with Crippen molar-refractivity contribution in [1.29, 1.82) is 0 Å². The van der Waals surface area contributed by atoms with E-state index in [0.29, 0.717) is 6.54 Å². The van der Waals surface area contributed by atoms with Crippen molar-refractivity contribution in [2.45, 2.75) is 70.3 Å². The molecule has 2 fully saturated rings. The smallest absolute Gasteiger partial charge is 0.317 e. The summed E-state index contributed by atoms with van der Waals surface area (Å²) in [7, 11) is 1.86. The number of carbonyl (C=O) groups excluding carboxylic acids is 1. The molecule has 1 unspecified atom stereocenters. The lowest BCUT2D eigenvalue weighted by molar-refractivity contribution is -0.138. The first-order valence-electron chi connectivity index (χ1n) is 10.0. The number of aliphatic carboxylic acids is 1. The number of carbonyl (C=O) groups is 2. The molecule has 144 valence electrons. The van der Waals surface area contributed by atoms with Crippen molar-refractivity contribution in [3.63, 3.8) is 0 Å². The van der Waals surface area contributed by atoms with Crippen molar-refractivity contribution in [3.8, 4) is 0 Å². The highest BCUT2D eigenvalue weighted by Crippen LogP contribution is 2.27. The van der Waals surface area contributed by atoms with Gasteiger partial charge in [-0.2, -0.15) is 0 Å². The van der Waals surface area contributed by atoms with Gasteiger partial charge < -0.3 is 15.3 Å². The van der Waals surface area contributed by atoms with Crippen molar-refractivity contribution in [3.05, 3.63) is 0 Å². The third-order valence-corrected chi connectivity index (χ3v) is 5.78. The second kappa shape index (κ2) is 10.6. The summed E-state index contributed by atoms with van der Waals surface area (Å²) >= 11 is 0. The van der Waals surface area contributed by atoms with Gasteiger partial charge in [-0.25, -0.2) is 4.79 Å². The molecule has 1 saturated carbocycles. The van der Waals surface area contributed by atoms with Crippen LogP contribution >= 0.6 is 0 Å². The van der Waals surface area contributed by atoms with Crippen LogP contribution in [0.3, 0.4) is 0 Å². The number of carboxylic acid groups (broad SMARTS) is 1. The van der Waals surface area contributed by atoms with Crippen LogP contribution in [0.1, 0.15) is 64.2 Å². The van der Waals surface area contributed by atoms with Crippen LogP contribution in [-0.2, 0) is 4.79 Å². The van der Waals surface area contributed by atoms with Crippen molar-refractivity contribution in [1.82, 2.24) is 15.1 Å². The molecule has 1 heterocycles. The molecule has 2 aliphatic rings. The number of rotatable bonds is 7. The normalized spacial score (nSPS) is 22.6. The van der Waals surface area contributed by atoms with Gasteiger partial charge >= 0.3 is 12.0 Å². The summed E-state index contributed by atoms with van der Waals surface area (Å²) in [6, 6.07) is 0.297. The average molecular weight is 354 g/mol. The Morgan fingerprint density at radius 1 is 1.08 bits per heavy atom. The number of hydrogen-bond acceptors (Lipinski definition) is 3. The Labute approximate surface area is 151 Å². The Bertz CT molecular complexity index is 424. The Hall–Kier alpha value is -1.30. The lowest BCUT2D eigenvalue weighted by Crippen LogP contribution is -2.42. The lowest BCUT2D eigenvalue weighted by atomic mass is 9.86. The Kier molecular flexibility index (Phi) is 8.52. The summed E-state index contributed by atoms with van der Waals surface area (Å²) in [6.07, 6.45) is 11.9. The fourth-order valence-electron chi connectivity index (χ4n) is 4.24. The number of likely N-dealkylation sites (N-methyl/N-ethyl adjacent to an activating group) is 1. The first kappa shape index (κ1) is 20.0. The molecule has 25 heavy (non-hydrogen) atoms. The van der Waals surface area contributed by atoms with E-state index in [1.165, 1.54) is 38.5 Å². The molecule has 1 atom stereocenters. The maximum atomic E-state index is 12.4. The van der Waals surface area contributed by atoms with Gasteiger partial charge in [-0.3, -0.25) is 9.69 Å². The van der Waals surface area contributed by atoms with Crippen LogP contribution in [0.2, 0.25) is 0 Å². The summed E-state index contributed by atoms with van der Waals surface area (Å²) in [4.78, 5) is 27.0. The van der Waals surface area contributed by atoms with Gasteiger partial charge in [-0.05, 0) is 45.1 Å². The summed E-state index contributed by atoms with van der Waals surface area (Å²) in [5.74, 6) is 0.0775. The van der Waals surface area contributed by atoms with E-state index in [0.717, 1.165) is 44.7 Å². The molecule has 0 aromatic carbocycles. The van der Waals surface area contributed by atoms with E-state index >= 15 is 0 Å². The van der Waals surface area contributed by atoms with Crippen LogP contribution < -0.4 is 5.32 Å². The van der Waals surface area contributed by atoms with E-state index in [2.05, 4.69) is 5.32 Å². The molecular weight excluding hydrogens is 318 g/mol. The van der Waals surface area contributed by atoms with Gasteiger partial charge in [0.1, 0.15) is 0 Å². The zero-order valence-corrected chi connectivity index (χ0v) is 15.7. The zero-order chi connectivity index (χ0) is 18.1. The molecule has 2 N–H and O–H groups in total. The highest BCUT2D eigenvalue weighted by Gasteiger charge is 2.23. The predicted molar refractivity (Wildman–Crippen MR) is 98.7 cm³/mol. The Morgan fingerprint density at radius 3 is 2.56 bits per heavy atom. The Balaban J connectivity index is 1.63. The van der Waals surface area contributed by atoms with E-state index in [1.807, 2.05) is 16.8 Å². The van der Waals surface area contributed by atoms with Gasteiger partial charge in [0.15, 0.2) is 0 Å². The molecule has 6 nitrogen and oxygen atoms in total. The first-order chi connectivity index (χ1) is 12.1. The fourth-order valence-corrected chi connectivity index (χ4v) is 4.24. The molecule has 0 aromatic heterocycles. The van der Waals surface area contributed by atoms with Gasteiger partial charge in [0.25, 0.3) is 0 Å². The molecular formula is C19H35N3O3. The topological polar surface area (TPSA) is 72.9 Å². The lowest BCUT2D eigenvalue weighted by Gasteiger charge is -2.26. The summed E-state index contributed by atoms with van der Waals surface area (Å²) in [6.45, 7) is 2.32. The highest BCUT2D eigenvalue weighted by atomic mass is 16.4. The number of urea groups is 1. The van der Waals surface area contributed by atoms with Gasteiger partial charge in [0.2, 0.25) is 0 Å². The first-order valence-corrected chi connectivity index (χ1v) is 10.0. The minimum absolute atomic E-state index is 0.0465. The van der Waals surface area contributed by atoms with Crippen LogP contribution in [0.15, 0.2) is 0 Å². The molecule has 2 amide bonds. The van der Waals surface area contributed by atoms with Crippen molar-refractivity contribution in [2.24, 2.45) is 5.92 Å². The second-order valence-corrected chi connectivity index (χ2v) is 7.76. The summed E-state index contributed by atoms with van der Waals surface area (Å²) < 4.78 is 0. The van der Waals surface area contributed by atoms with Crippen LogP contribution in [0.25, 0.3) is 0 Å². The van der Waals surface area contributed by atoms with Crippen LogP contribution in [0, 0.1) is 5.92 Å². The van der Waals surface area contributed by atoms with Gasteiger partial charge in [0.05, 0.1) is 6.54 Å². The van der Waals surface area contributed by atoms with Crippen molar-refractivity contribution < 1.29 is 14.7 Å². The third kappa shape index (κ3) is 7.22. The minimum Gasteiger partial charge on any atom is -0.480 e. The number of carboxylic acids is 1. The Morgan fingerprint density at radius 2 is 1.84 bits per heavy atom. The van der Waals surface area contributed by atoms with E-state index in [9.17, 15) is 9.59 Å². The quantitative estimate of drug-likeness (QED) is 0.690. The van der Waals surface area contributed by atoms with Gasteiger partial charge in [0, 0.05) is 25.7 Å². The number of nitrogens with one attached hydrogen (secondary N) is 1. The van der Waals surface area contributed by atoms with E-state index in [1.54, 1.807) is 0 Å². The molecule has 2 rings (SSSR count). The molecule has 1 aliphatic carbocycles. The molecule has 0 radical (unpaired) electrons. The van der Waals surface area contributed by atoms with E-state index in [4.69, 9.17) is 5.11 Å². The summed E-state index contributed by atoms with van der Waals surface area (Å²) in [5.41, 5.74) is 0. The maximum Gasteiger partial charge on any atom is 0.317 e. The standard InChI is InChI=1S/C19H35N3O3/c1-21(15-18(23)24)17-10-6-13-22(14-11-17)19(25)20-12-5-9-16-7-3-2-4-8-16/h16-17H,2-15H2,1H3,(H,20,25)(H,23,24). The van der Waals surface area contributed by atoms with Crippen LogP contribution in [0.5, 0.6) is 0 Å². The van der Waals surface area contributed by atoms with Crippen LogP contribution in [0.4, 0.5) is 4.79 Å². The number of hydrogen-bond donors (Lipinski definition) is 2. The molecule has 0 bridgehead atoms. The third-order valence-electron chi connectivity index (χ3n) is 5.78. The van der Waals surface area contributed by atoms with E-state index < -0.39 is 5.97 Å². The molecule has 6 heteroatoms. The molecule has 1 aliphatic heterocycles. The number of nitrogens with zero attached hydrogens (tertiary/aromatic N) is 2. The maximum absolute atomic E-state index is 12.4. The molecule has 0 spiro atoms. The second-order valence-electron chi connectivity index (χ2n) is 7.76.